The Labute approximate surface area is 137 Å². The van der Waals surface area contributed by atoms with Gasteiger partial charge in [-0.25, -0.2) is 0 Å². The number of benzene rings is 1. The average molecular weight is 456 g/mol. The molecule has 0 amide bonds. The summed E-state index contributed by atoms with van der Waals surface area (Å²) in [6, 6.07) is 11.3. The largest absolute Gasteiger partial charge is 0.320 e. The Kier molecular flexibility index (Phi) is 4.66. The third kappa shape index (κ3) is 2.94. The van der Waals surface area contributed by atoms with Crippen molar-refractivity contribution in [3.63, 3.8) is 0 Å². The minimum absolute atomic E-state index is 0. The SMILES string of the molecule is Cc1c[c-]c(-c2ncc(C)n2-c2nnccc2C)cc1.[Ir]. The fourth-order valence-electron chi connectivity index (χ4n) is 2.14. The summed E-state index contributed by atoms with van der Waals surface area (Å²) in [6.45, 7) is 6.08. The summed E-state index contributed by atoms with van der Waals surface area (Å²) in [6.07, 6.45) is 3.54. The number of aryl methyl sites for hydroxylation is 3. The van der Waals surface area contributed by atoms with Crippen molar-refractivity contribution < 1.29 is 20.1 Å². The van der Waals surface area contributed by atoms with Crippen LogP contribution in [0.25, 0.3) is 17.2 Å². The van der Waals surface area contributed by atoms with Gasteiger partial charge in [-0.3, -0.25) is 4.98 Å². The molecule has 2 aromatic heterocycles. The monoisotopic (exact) mass is 456 g/mol. The zero-order valence-corrected chi connectivity index (χ0v) is 14.5. The standard InChI is InChI=1S/C16H15N4.Ir/c1-11-4-6-14(7-5-11)16-17-10-13(3)20(16)15-12(2)8-9-18-19-15;/h4-6,8-10H,1-3H3;/q-1;. The molecule has 0 aliphatic heterocycles. The minimum atomic E-state index is 0. The van der Waals surface area contributed by atoms with E-state index >= 15 is 0 Å². The van der Waals surface area contributed by atoms with Crippen LogP contribution in [0, 0.1) is 26.8 Å². The average Bonchev–Trinajstić information content (AvgIpc) is 2.82. The molecule has 0 atom stereocenters. The fourth-order valence-corrected chi connectivity index (χ4v) is 2.14. The molecule has 21 heavy (non-hydrogen) atoms. The number of hydrogen-bond donors (Lipinski definition) is 0. The van der Waals surface area contributed by atoms with Gasteiger partial charge in [0.15, 0.2) is 5.82 Å². The molecule has 109 valence electrons. The molecule has 2 heterocycles. The number of nitrogens with zero attached hydrogens (tertiary/aromatic N) is 4. The summed E-state index contributed by atoms with van der Waals surface area (Å²) in [5.74, 6) is 1.65. The van der Waals surface area contributed by atoms with Crippen LogP contribution in [0.1, 0.15) is 16.8 Å². The second-order valence-electron chi connectivity index (χ2n) is 4.88. The molecular formula is C16H15IrN4-. The Balaban J connectivity index is 0.00000161. The molecule has 0 spiro atoms. The molecule has 3 aromatic rings. The first-order valence-electron chi connectivity index (χ1n) is 6.48. The van der Waals surface area contributed by atoms with Crippen molar-refractivity contribution in [3.05, 3.63) is 59.5 Å². The second kappa shape index (κ2) is 6.29. The van der Waals surface area contributed by atoms with Gasteiger partial charge in [-0.2, -0.15) is 5.10 Å². The molecule has 1 radical (unpaired) electrons. The zero-order chi connectivity index (χ0) is 14.1. The van der Waals surface area contributed by atoms with Crippen LogP contribution in [0.3, 0.4) is 0 Å². The molecule has 0 fully saturated rings. The van der Waals surface area contributed by atoms with E-state index in [2.05, 4.69) is 27.3 Å². The molecule has 1 aromatic carbocycles. The van der Waals surface area contributed by atoms with Gasteiger partial charge in [0.25, 0.3) is 0 Å². The first kappa shape index (κ1) is 15.5. The molecule has 0 N–H and O–H groups in total. The molecule has 0 unspecified atom stereocenters. The number of hydrogen-bond acceptors (Lipinski definition) is 3. The van der Waals surface area contributed by atoms with Crippen molar-refractivity contribution in [2.75, 3.05) is 0 Å². The molecule has 0 aliphatic carbocycles. The minimum Gasteiger partial charge on any atom is -0.320 e. The number of imidazole rings is 1. The first-order valence-corrected chi connectivity index (χ1v) is 6.48. The van der Waals surface area contributed by atoms with Crippen LogP contribution >= 0.6 is 0 Å². The summed E-state index contributed by atoms with van der Waals surface area (Å²) < 4.78 is 2.02. The first-order chi connectivity index (χ1) is 9.66. The summed E-state index contributed by atoms with van der Waals surface area (Å²) in [5, 5.41) is 8.23. The number of aromatic nitrogens is 4. The van der Waals surface area contributed by atoms with Crippen LogP contribution in [0.4, 0.5) is 0 Å². The van der Waals surface area contributed by atoms with E-state index in [0.717, 1.165) is 28.5 Å². The van der Waals surface area contributed by atoms with Crippen molar-refractivity contribution in [2.45, 2.75) is 20.8 Å². The summed E-state index contributed by atoms with van der Waals surface area (Å²) in [7, 11) is 0. The third-order valence-electron chi connectivity index (χ3n) is 3.26. The maximum atomic E-state index is 4.50. The Hall–Kier alpha value is -1.84. The second-order valence-corrected chi connectivity index (χ2v) is 4.88. The summed E-state index contributed by atoms with van der Waals surface area (Å²) in [4.78, 5) is 4.50. The van der Waals surface area contributed by atoms with Gasteiger partial charge in [-0.15, -0.1) is 40.5 Å². The van der Waals surface area contributed by atoms with E-state index in [-0.39, 0.29) is 20.1 Å². The summed E-state index contributed by atoms with van der Waals surface area (Å²) >= 11 is 0. The van der Waals surface area contributed by atoms with E-state index in [9.17, 15) is 0 Å². The predicted octanol–water partition coefficient (Wildman–Crippen LogP) is 3.05. The normalized spacial score (nSPS) is 10.2. The van der Waals surface area contributed by atoms with Gasteiger partial charge in [0.2, 0.25) is 0 Å². The predicted molar refractivity (Wildman–Crippen MR) is 77.6 cm³/mol. The molecule has 3 rings (SSSR count). The molecule has 5 heteroatoms. The molecule has 0 saturated carbocycles. The Bertz CT molecular complexity index is 747. The zero-order valence-electron chi connectivity index (χ0n) is 12.1. The maximum Gasteiger partial charge on any atom is 0.155 e. The van der Waals surface area contributed by atoms with Crippen molar-refractivity contribution in [3.8, 4) is 17.2 Å². The van der Waals surface area contributed by atoms with E-state index in [1.807, 2.05) is 49.7 Å². The van der Waals surface area contributed by atoms with Crippen LogP contribution in [0.15, 0.2) is 36.7 Å². The van der Waals surface area contributed by atoms with Crippen LogP contribution in [0.2, 0.25) is 0 Å². The molecular weight excluding hydrogens is 440 g/mol. The number of rotatable bonds is 2. The van der Waals surface area contributed by atoms with E-state index in [1.165, 1.54) is 5.56 Å². The van der Waals surface area contributed by atoms with Crippen molar-refractivity contribution in [2.24, 2.45) is 0 Å². The Morgan fingerprint density at radius 3 is 2.57 bits per heavy atom. The maximum absolute atomic E-state index is 4.50. The van der Waals surface area contributed by atoms with Gasteiger partial charge in [0.1, 0.15) is 0 Å². The smallest absolute Gasteiger partial charge is 0.155 e. The van der Waals surface area contributed by atoms with Gasteiger partial charge >= 0.3 is 0 Å². The van der Waals surface area contributed by atoms with Crippen LogP contribution in [0.5, 0.6) is 0 Å². The topological polar surface area (TPSA) is 43.6 Å². The van der Waals surface area contributed by atoms with E-state index < -0.39 is 0 Å². The summed E-state index contributed by atoms with van der Waals surface area (Å²) in [5.41, 5.74) is 4.22. The fraction of sp³-hybridized carbons (Fsp3) is 0.188. The quantitative estimate of drug-likeness (QED) is 0.558. The van der Waals surface area contributed by atoms with E-state index in [4.69, 9.17) is 0 Å². The van der Waals surface area contributed by atoms with Gasteiger partial charge in [-0.1, -0.05) is 6.92 Å². The van der Waals surface area contributed by atoms with Crippen molar-refractivity contribution in [1.29, 1.82) is 0 Å². The van der Waals surface area contributed by atoms with Gasteiger partial charge in [0.05, 0.1) is 12.0 Å². The van der Waals surface area contributed by atoms with Gasteiger partial charge in [-0.05, 0) is 25.5 Å². The molecule has 0 bridgehead atoms. The molecule has 4 nitrogen and oxygen atoms in total. The van der Waals surface area contributed by atoms with Gasteiger partial charge in [0, 0.05) is 32.0 Å². The van der Waals surface area contributed by atoms with Crippen molar-refractivity contribution in [1.82, 2.24) is 19.7 Å². The third-order valence-corrected chi connectivity index (χ3v) is 3.26. The van der Waals surface area contributed by atoms with Crippen LogP contribution in [-0.4, -0.2) is 19.7 Å². The van der Waals surface area contributed by atoms with E-state index in [0.29, 0.717) is 0 Å². The molecule has 0 saturated heterocycles. The van der Waals surface area contributed by atoms with Gasteiger partial charge < -0.3 is 4.57 Å². The molecule has 0 aliphatic rings. The Morgan fingerprint density at radius 1 is 1.10 bits per heavy atom. The van der Waals surface area contributed by atoms with Crippen LogP contribution < -0.4 is 0 Å². The Morgan fingerprint density at radius 2 is 1.90 bits per heavy atom. The van der Waals surface area contributed by atoms with Crippen LogP contribution in [-0.2, 0) is 20.1 Å². The van der Waals surface area contributed by atoms with Crippen molar-refractivity contribution >= 4 is 0 Å². The van der Waals surface area contributed by atoms with E-state index in [1.54, 1.807) is 6.20 Å².